The molecule has 2 nitrogen and oxygen atoms in total. The van der Waals surface area contributed by atoms with Gasteiger partial charge in [-0.2, -0.15) is 0 Å². The summed E-state index contributed by atoms with van der Waals surface area (Å²) in [7, 11) is 0. The van der Waals surface area contributed by atoms with Crippen molar-refractivity contribution in [1.82, 2.24) is 5.32 Å². The highest BCUT2D eigenvalue weighted by Gasteiger charge is 2.38. The first-order valence-corrected chi connectivity index (χ1v) is 7.05. The molecule has 1 fully saturated rings. The Bertz CT molecular complexity index is 453. The average Bonchev–Trinajstić information content (AvgIpc) is 2.42. The lowest BCUT2D eigenvalue weighted by molar-refractivity contribution is 0.0717. The number of ketones is 1. The Morgan fingerprint density at radius 1 is 1.28 bits per heavy atom. The van der Waals surface area contributed by atoms with Crippen molar-refractivity contribution in [3.63, 3.8) is 0 Å². The molecule has 0 spiro atoms. The number of carbonyl (C=O) groups excluding carboxylic acids is 1. The molecule has 0 aromatic heterocycles. The summed E-state index contributed by atoms with van der Waals surface area (Å²) in [5.74, 6) is 0.199. The SMILES string of the molecule is CCC1(C(=O)c2ccc(Cl)c(Cl)c2)CCNCC1. The van der Waals surface area contributed by atoms with Gasteiger partial charge in [0.2, 0.25) is 0 Å². The summed E-state index contributed by atoms with van der Waals surface area (Å²) in [6, 6.07) is 5.16. The van der Waals surface area contributed by atoms with Crippen LogP contribution < -0.4 is 5.32 Å². The number of halogens is 2. The number of piperidine rings is 1. The maximum Gasteiger partial charge on any atom is 0.169 e. The van der Waals surface area contributed by atoms with Crippen molar-refractivity contribution in [3.05, 3.63) is 33.8 Å². The van der Waals surface area contributed by atoms with E-state index < -0.39 is 0 Å². The third-order valence-corrected chi connectivity index (χ3v) is 4.64. The quantitative estimate of drug-likeness (QED) is 0.852. The zero-order valence-electron chi connectivity index (χ0n) is 10.4. The van der Waals surface area contributed by atoms with Crippen molar-refractivity contribution in [3.8, 4) is 0 Å². The minimum absolute atomic E-state index is 0.199. The fourth-order valence-corrected chi connectivity index (χ4v) is 2.89. The first-order chi connectivity index (χ1) is 8.59. The van der Waals surface area contributed by atoms with Gasteiger partial charge in [-0.05, 0) is 50.6 Å². The number of rotatable bonds is 3. The van der Waals surface area contributed by atoms with Crippen LogP contribution in [-0.2, 0) is 0 Å². The molecule has 0 saturated carbocycles. The van der Waals surface area contributed by atoms with E-state index in [1.807, 2.05) is 0 Å². The molecule has 4 heteroatoms. The minimum Gasteiger partial charge on any atom is -0.317 e. The van der Waals surface area contributed by atoms with Crippen LogP contribution in [0.15, 0.2) is 18.2 Å². The molecule has 1 aromatic carbocycles. The van der Waals surface area contributed by atoms with Crippen LogP contribution in [0.4, 0.5) is 0 Å². The Morgan fingerprint density at radius 2 is 1.94 bits per heavy atom. The van der Waals surface area contributed by atoms with Crippen LogP contribution in [0.5, 0.6) is 0 Å². The van der Waals surface area contributed by atoms with Crippen molar-refractivity contribution in [2.45, 2.75) is 26.2 Å². The molecule has 0 aliphatic carbocycles. The van der Waals surface area contributed by atoms with Crippen molar-refractivity contribution < 1.29 is 4.79 Å². The van der Waals surface area contributed by atoms with Crippen LogP contribution in [0.1, 0.15) is 36.5 Å². The predicted molar refractivity (Wildman–Crippen MR) is 75.6 cm³/mol. The molecule has 98 valence electrons. The van der Waals surface area contributed by atoms with Gasteiger partial charge in [0, 0.05) is 11.0 Å². The molecule has 1 aliphatic heterocycles. The van der Waals surface area contributed by atoms with Gasteiger partial charge in [-0.15, -0.1) is 0 Å². The van der Waals surface area contributed by atoms with Crippen molar-refractivity contribution in [2.24, 2.45) is 5.41 Å². The van der Waals surface area contributed by atoms with Crippen molar-refractivity contribution in [1.29, 1.82) is 0 Å². The predicted octanol–water partition coefficient (Wildman–Crippen LogP) is 3.96. The first-order valence-electron chi connectivity index (χ1n) is 6.29. The normalized spacial score (nSPS) is 18.6. The average molecular weight is 286 g/mol. The van der Waals surface area contributed by atoms with Gasteiger partial charge in [-0.25, -0.2) is 0 Å². The number of Topliss-reactive ketones (excluding diaryl/α,β-unsaturated/α-hetero) is 1. The van der Waals surface area contributed by atoms with Gasteiger partial charge >= 0.3 is 0 Å². The molecule has 1 aromatic rings. The highest BCUT2D eigenvalue weighted by atomic mass is 35.5. The molecule has 0 amide bonds. The molecule has 0 atom stereocenters. The summed E-state index contributed by atoms with van der Waals surface area (Å²) in [4.78, 5) is 12.7. The van der Waals surface area contributed by atoms with Crippen molar-refractivity contribution in [2.75, 3.05) is 13.1 Å². The van der Waals surface area contributed by atoms with E-state index in [4.69, 9.17) is 23.2 Å². The first kappa shape index (κ1) is 13.9. The molecule has 1 aliphatic rings. The van der Waals surface area contributed by atoms with Gasteiger partial charge in [0.25, 0.3) is 0 Å². The summed E-state index contributed by atoms with van der Waals surface area (Å²) in [5.41, 5.74) is 0.440. The third-order valence-electron chi connectivity index (χ3n) is 3.90. The monoisotopic (exact) mass is 285 g/mol. The zero-order chi connectivity index (χ0) is 13.2. The second-order valence-electron chi connectivity index (χ2n) is 4.84. The number of carbonyl (C=O) groups is 1. The summed E-state index contributed by atoms with van der Waals surface area (Å²) in [5, 5.41) is 4.24. The van der Waals surface area contributed by atoms with Crippen LogP contribution in [0.3, 0.4) is 0 Å². The van der Waals surface area contributed by atoms with E-state index in [1.165, 1.54) is 0 Å². The zero-order valence-corrected chi connectivity index (χ0v) is 11.9. The van der Waals surface area contributed by atoms with Crippen LogP contribution in [0.2, 0.25) is 10.0 Å². The number of benzene rings is 1. The molecule has 1 heterocycles. The lowest BCUT2D eigenvalue weighted by atomic mass is 9.71. The van der Waals surface area contributed by atoms with E-state index in [0.717, 1.165) is 32.4 Å². The molecule has 2 rings (SSSR count). The topological polar surface area (TPSA) is 29.1 Å². The highest BCUT2D eigenvalue weighted by Crippen LogP contribution is 2.37. The minimum atomic E-state index is -0.234. The second-order valence-corrected chi connectivity index (χ2v) is 5.66. The van der Waals surface area contributed by atoms with E-state index in [-0.39, 0.29) is 11.2 Å². The Hall–Kier alpha value is -0.570. The maximum atomic E-state index is 12.7. The summed E-state index contributed by atoms with van der Waals surface area (Å²) >= 11 is 11.9. The summed E-state index contributed by atoms with van der Waals surface area (Å²) in [6.45, 7) is 3.89. The third kappa shape index (κ3) is 2.56. The standard InChI is InChI=1S/C14H17Cl2NO/c1-2-14(5-7-17-8-6-14)13(18)10-3-4-11(15)12(16)9-10/h3-4,9,17H,2,5-8H2,1H3. The van der Waals surface area contributed by atoms with Crippen LogP contribution in [0.25, 0.3) is 0 Å². The van der Waals surface area contributed by atoms with Gasteiger partial charge in [-0.1, -0.05) is 30.1 Å². The molecular formula is C14H17Cl2NO. The Morgan fingerprint density at radius 3 is 2.50 bits per heavy atom. The van der Waals surface area contributed by atoms with E-state index in [1.54, 1.807) is 18.2 Å². The van der Waals surface area contributed by atoms with Crippen LogP contribution >= 0.6 is 23.2 Å². The largest absolute Gasteiger partial charge is 0.317 e. The Labute approximate surface area is 118 Å². The fourth-order valence-electron chi connectivity index (χ4n) is 2.59. The van der Waals surface area contributed by atoms with Crippen LogP contribution in [0, 0.1) is 5.41 Å². The number of hydrogen-bond donors (Lipinski definition) is 1. The lowest BCUT2D eigenvalue weighted by Crippen LogP contribution is -2.41. The van der Waals surface area contributed by atoms with Gasteiger partial charge in [-0.3, -0.25) is 4.79 Å². The van der Waals surface area contributed by atoms with E-state index in [2.05, 4.69) is 12.2 Å². The van der Waals surface area contributed by atoms with Gasteiger partial charge in [0.15, 0.2) is 5.78 Å². The summed E-state index contributed by atoms with van der Waals surface area (Å²) in [6.07, 6.45) is 2.65. The second kappa shape index (κ2) is 5.60. The molecule has 0 bridgehead atoms. The van der Waals surface area contributed by atoms with E-state index in [9.17, 15) is 4.79 Å². The maximum absolute atomic E-state index is 12.7. The lowest BCUT2D eigenvalue weighted by Gasteiger charge is -2.35. The number of nitrogens with one attached hydrogen (secondary N) is 1. The van der Waals surface area contributed by atoms with Gasteiger partial charge in [0.1, 0.15) is 0 Å². The molecule has 0 radical (unpaired) electrons. The van der Waals surface area contributed by atoms with Crippen LogP contribution in [-0.4, -0.2) is 18.9 Å². The Kier molecular flexibility index (Phi) is 4.31. The molecule has 18 heavy (non-hydrogen) atoms. The Balaban J connectivity index is 2.30. The highest BCUT2D eigenvalue weighted by molar-refractivity contribution is 6.42. The van der Waals surface area contributed by atoms with Gasteiger partial charge in [0.05, 0.1) is 10.0 Å². The number of hydrogen-bond acceptors (Lipinski definition) is 2. The summed E-state index contributed by atoms with van der Waals surface area (Å²) < 4.78 is 0. The van der Waals surface area contributed by atoms with Crippen molar-refractivity contribution >= 4 is 29.0 Å². The molecule has 1 saturated heterocycles. The molecule has 1 N–H and O–H groups in total. The van der Waals surface area contributed by atoms with Gasteiger partial charge < -0.3 is 5.32 Å². The smallest absolute Gasteiger partial charge is 0.169 e. The van der Waals surface area contributed by atoms with E-state index in [0.29, 0.717) is 15.6 Å². The molecular weight excluding hydrogens is 269 g/mol. The fraction of sp³-hybridized carbons (Fsp3) is 0.500. The van der Waals surface area contributed by atoms with E-state index >= 15 is 0 Å². The molecule has 0 unspecified atom stereocenters.